The zero-order valence-electron chi connectivity index (χ0n) is 17.6. The second-order valence-corrected chi connectivity index (χ2v) is 9.34. The molecule has 0 radical (unpaired) electrons. The van der Waals surface area contributed by atoms with Crippen molar-refractivity contribution in [2.75, 3.05) is 0 Å². The molecule has 27 heavy (non-hydrogen) atoms. The maximum absolute atomic E-state index is 10.8. The van der Waals surface area contributed by atoms with Gasteiger partial charge >= 0.3 is 5.97 Å². The van der Waals surface area contributed by atoms with E-state index in [4.69, 9.17) is 5.11 Å². The van der Waals surface area contributed by atoms with Gasteiger partial charge in [-0.3, -0.25) is 0 Å². The fraction of sp³-hybridized carbons (Fsp3) is 0.708. The highest BCUT2D eigenvalue weighted by Gasteiger charge is 2.48. The van der Waals surface area contributed by atoms with Crippen molar-refractivity contribution in [3.63, 3.8) is 0 Å². The van der Waals surface area contributed by atoms with Gasteiger partial charge < -0.3 is 10.2 Å². The van der Waals surface area contributed by atoms with Crippen LogP contribution < -0.4 is 0 Å². The number of carboxylic acids is 1. The van der Waals surface area contributed by atoms with E-state index in [9.17, 15) is 9.90 Å². The average molecular weight is 375 g/mol. The first-order chi connectivity index (χ1) is 12.7. The Morgan fingerprint density at radius 1 is 1.15 bits per heavy atom. The second kappa shape index (κ2) is 9.73. The molecule has 0 aromatic rings. The van der Waals surface area contributed by atoms with Crippen LogP contribution in [0.25, 0.3) is 0 Å². The lowest BCUT2D eigenvalue weighted by Crippen LogP contribution is -2.48. The molecule has 0 unspecified atom stereocenters. The van der Waals surface area contributed by atoms with Crippen molar-refractivity contribution in [1.29, 1.82) is 0 Å². The molecular formula is C24H38O3. The number of carboxylic acid groups (broad SMARTS) is 1. The van der Waals surface area contributed by atoms with Crippen LogP contribution in [-0.4, -0.2) is 22.3 Å². The third-order valence-electron chi connectivity index (χ3n) is 6.80. The lowest BCUT2D eigenvalue weighted by molar-refractivity contribution is -0.131. The summed E-state index contributed by atoms with van der Waals surface area (Å²) in [6, 6.07) is 0. The van der Waals surface area contributed by atoms with Gasteiger partial charge in [-0.2, -0.15) is 0 Å². The number of rotatable bonds is 6. The monoisotopic (exact) mass is 374 g/mol. The van der Waals surface area contributed by atoms with Crippen molar-refractivity contribution in [3.05, 3.63) is 36.0 Å². The van der Waals surface area contributed by atoms with E-state index < -0.39 is 5.97 Å². The largest absolute Gasteiger partial charge is 0.478 e. The second-order valence-electron chi connectivity index (χ2n) is 9.34. The standard InChI is InChI=1S/C24H38O3/c1-15(2)10-11-16(3)23-18(5)14-20-21(25)13-12-17(4)24(20)19(23)8-6-7-9-22(26)27/h6-9,11,15,17-21,23-25H,10,12-14H2,1-5H3,(H,26,27)/b8-6+,9-7+,16-11-/t17-,18-,19+,20-,21-,23+,24-/m0/s1. The Morgan fingerprint density at radius 2 is 1.85 bits per heavy atom. The van der Waals surface area contributed by atoms with E-state index in [-0.39, 0.29) is 6.10 Å². The topological polar surface area (TPSA) is 57.5 Å². The third kappa shape index (κ3) is 5.57. The van der Waals surface area contributed by atoms with E-state index in [1.54, 1.807) is 6.08 Å². The zero-order chi connectivity index (χ0) is 20.1. The molecule has 2 rings (SSSR count). The molecule has 0 amide bonds. The summed E-state index contributed by atoms with van der Waals surface area (Å²) >= 11 is 0. The summed E-state index contributed by atoms with van der Waals surface area (Å²) in [7, 11) is 0. The van der Waals surface area contributed by atoms with Gasteiger partial charge in [-0.25, -0.2) is 4.79 Å². The van der Waals surface area contributed by atoms with Gasteiger partial charge in [0, 0.05) is 6.08 Å². The number of aliphatic hydroxyl groups excluding tert-OH is 1. The van der Waals surface area contributed by atoms with Crippen LogP contribution in [0, 0.1) is 41.4 Å². The molecule has 2 fully saturated rings. The first kappa shape index (κ1) is 21.9. The molecule has 3 heteroatoms. The Hall–Kier alpha value is -1.35. The van der Waals surface area contributed by atoms with Crippen LogP contribution in [0.15, 0.2) is 36.0 Å². The molecule has 0 heterocycles. The first-order valence-electron chi connectivity index (χ1n) is 10.6. The number of fused-ring (bicyclic) bond motifs is 1. The smallest absolute Gasteiger partial charge is 0.328 e. The predicted octanol–water partition coefficient (Wildman–Crippen LogP) is 5.47. The molecule has 7 atom stereocenters. The van der Waals surface area contributed by atoms with E-state index in [1.165, 1.54) is 11.6 Å². The highest BCUT2D eigenvalue weighted by atomic mass is 16.4. The Labute approximate surface area is 165 Å². The van der Waals surface area contributed by atoms with Crippen LogP contribution in [0.1, 0.15) is 60.3 Å². The molecule has 3 nitrogen and oxygen atoms in total. The SMILES string of the molecule is C/C(=C/CC(C)C)[C@H]1[C@@H](/C=C/C=C/C(=O)O)[C@H]2[C@@H](C[C@@H]1C)[C@@H](O)CC[C@@H]2C. The normalized spacial score (nSPS) is 37.9. The molecule has 0 aromatic carbocycles. The summed E-state index contributed by atoms with van der Waals surface area (Å²) < 4.78 is 0. The number of hydrogen-bond donors (Lipinski definition) is 2. The molecule has 2 aliphatic rings. The van der Waals surface area contributed by atoms with Crippen molar-refractivity contribution >= 4 is 5.97 Å². The molecular weight excluding hydrogens is 336 g/mol. The summed E-state index contributed by atoms with van der Waals surface area (Å²) in [6.45, 7) is 11.4. The van der Waals surface area contributed by atoms with Crippen LogP contribution in [0.5, 0.6) is 0 Å². The van der Waals surface area contributed by atoms with Crippen molar-refractivity contribution < 1.29 is 15.0 Å². The highest BCUT2D eigenvalue weighted by Crippen LogP contribution is 2.53. The molecule has 2 N–H and O–H groups in total. The van der Waals surface area contributed by atoms with Crippen molar-refractivity contribution in [2.45, 2.75) is 66.4 Å². The van der Waals surface area contributed by atoms with Crippen LogP contribution >= 0.6 is 0 Å². The minimum atomic E-state index is -0.916. The van der Waals surface area contributed by atoms with Crippen LogP contribution in [0.2, 0.25) is 0 Å². The fourth-order valence-electron chi connectivity index (χ4n) is 5.58. The van der Waals surface area contributed by atoms with E-state index in [2.05, 4.69) is 46.8 Å². The third-order valence-corrected chi connectivity index (χ3v) is 6.80. The Kier molecular flexibility index (Phi) is 7.91. The number of aliphatic carboxylic acids is 1. The van der Waals surface area contributed by atoms with Gasteiger partial charge in [0.1, 0.15) is 0 Å². The van der Waals surface area contributed by atoms with E-state index in [1.807, 2.05) is 6.08 Å². The molecule has 0 spiro atoms. The van der Waals surface area contributed by atoms with Crippen LogP contribution in [-0.2, 0) is 4.79 Å². The van der Waals surface area contributed by atoms with Gasteiger partial charge in [0.25, 0.3) is 0 Å². The lowest BCUT2D eigenvalue weighted by atomic mass is 9.53. The lowest BCUT2D eigenvalue weighted by Gasteiger charge is -2.52. The number of hydrogen-bond acceptors (Lipinski definition) is 2. The summed E-state index contributed by atoms with van der Waals surface area (Å²) in [4.78, 5) is 10.8. The summed E-state index contributed by atoms with van der Waals surface area (Å²) in [6.07, 6.45) is 13.3. The maximum atomic E-state index is 10.8. The summed E-state index contributed by atoms with van der Waals surface area (Å²) in [5.74, 6) is 2.48. The van der Waals surface area contributed by atoms with Crippen molar-refractivity contribution in [1.82, 2.24) is 0 Å². The highest BCUT2D eigenvalue weighted by molar-refractivity contribution is 5.80. The number of allylic oxidation sites excluding steroid dienone is 5. The zero-order valence-corrected chi connectivity index (χ0v) is 17.6. The Balaban J connectivity index is 2.36. The molecule has 0 bridgehead atoms. The van der Waals surface area contributed by atoms with Gasteiger partial charge in [-0.1, -0.05) is 57.6 Å². The number of carbonyl (C=O) groups is 1. The van der Waals surface area contributed by atoms with Gasteiger partial charge in [-0.05, 0) is 74.0 Å². The average Bonchev–Trinajstić information content (AvgIpc) is 2.59. The van der Waals surface area contributed by atoms with E-state index in [0.29, 0.717) is 41.4 Å². The fourth-order valence-corrected chi connectivity index (χ4v) is 5.58. The predicted molar refractivity (Wildman–Crippen MR) is 111 cm³/mol. The maximum Gasteiger partial charge on any atom is 0.328 e. The van der Waals surface area contributed by atoms with Gasteiger partial charge in [-0.15, -0.1) is 0 Å². The van der Waals surface area contributed by atoms with Crippen molar-refractivity contribution in [3.8, 4) is 0 Å². The molecule has 0 saturated heterocycles. The minimum Gasteiger partial charge on any atom is -0.478 e. The van der Waals surface area contributed by atoms with Crippen LogP contribution in [0.4, 0.5) is 0 Å². The Bertz CT molecular complexity index is 586. The summed E-state index contributed by atoms with van der Waals surface area (Å²) in [5, 5.41) is 19.5. The van der Waals surface area contributed by atoms with Crippen molar-refractivity contribution in [2.24, 2.45) is 41.4 Å². The first-order valence-corrected chi connectivity index (χ1v) is 10.6. The Morgan fingerprint density at radius 3 is 2.48 bits per heavy atom. The molecule has 0 aromatic heterocycles. The minimum absolute atomic E-state index is 0.194. The molecule has 2 aliphatic carbocycles. The van der Waals surface area contributed by atoms with E-state index >= 15 is 0 Å². The van der Waals surface area contributed by atoms with Gasteiger partial charge in [0.15, 0.2) is 0 Å². The van der Waals surface area contributed by atoms with Gasteiger partial charge in [0.05, 0.1) is 6.10 Å². The molecule has 2 saturated carbocycles. The molecule has 152 valence electrons. The van der Waals surface area contributed by atoms with Crippen LogP contribution in [0.3, 0.4) is 0 Å². The summed E-state index contributed by atoms with van der Waals surface area (Å²) in [5.41, 5.74) is 1.46. The van der Waals surface area contributed by atoms with Gasteiger partial charge in [0.2, 0.25) is 0 Å². The number of aliphatic hydroxyl groups is 1. The molecule has 0 aliphatic heterocycles. The quantitative estimate of drug-likeness (QED) is 0.368. The van der Waals surface area contributed by atoms with E-state index in [0.717, 1.165) is 25.7 Å².